The number of hydrogen-bond donors (Lipinski definition) is 2. The van der Waals surface area contributed by atoms with Gasteiger partial charge in [0.15, 0.2) is 0 Å². The Hall–Kier alpha value is -2.54. The molecular weight excluding hydrogens is 212 g/mol. The Balaban J connectivity index is 2.27. The van der Waals surface area contributed by atoms with Gasteiger partial charge in [-0.25, -0.2) is 4.98 Å². The Labute approximate surface area is 97.9 Å². The van der Waals surface area contributed by atoms with E-state index in [0.29, 0.717) is 5.82 Å². The van der Waals surface area contributed by atoms with Crippen molar-refractivity contribution in [2.45, 2.75) is 6.92 Å². The molecule has 0 bridgehead atoms. The number of imidazole rings is 1. The number of nitrogens with one attached hydrogen (secondary N) is 2. The molecule has 4 heteroatoms. The maximum atomic E-state index is 8.83. The molecule has 1 aromatic carbocycles. The van der Waals surface area contributed by atoms with Gasteiger partial charge in [0.1, 0.15) is 6.07 Å². The van der Waals surface area contributed by atoms with E-state index in [1.807, 2.05) is 43.5 Å². The van der Waals surface area contributed by atoms with Gasteiger partial charge in [0.05, 0.1) is 5.69 Å². The van der Waals surface area contributed by atoms with E-state index in [4.69, 9.17) is 5.26 Å². The van der Waals surface area contributed by atoms with Crippen LogP contribution in [0.5, 0.6) is 0 Å². The highest BCUT2D eigenvalue weighted by atomic mass is 14.9. The fourth-order valence-corrected chi connectivity index (χ4v) is 2.04. The fraction of sp³-hybridized carbons (Fsp3) is 0.0769. The molecule has 2 aromatic heterocycles. The number of aromatic nitrogens is 3. The first-order valence-electron chi connectivity index (χ1n) is 5.33. The summed E-state index contributed by atoms with van der Waals surface area (Å²) in [4.78, 5) is 10.4. The van der Waals surface area contributed by atoms with Crippen molar-refractivity contribution in [3.63, 3.8) is 0 Å². The molecule has 0 saturated heterocycles. The van der Waals surface area contributed by atoms with Crippen LogP contribution in [0.1, 0.15) is 11.5 Å². The van der Waals surface area contributed by atoms with Crippen LogP contribution in [-0.2, 0) is 0 Å². The standard InChI is InChI=1S/C13H10N4/c1-8-13(17-12(6-14)16-8)10-7-15-11-5-3-2-4-9(10)11/h2-5,7,15H,1H3,(H,16,17). The van der Waals surface area contributed by atoms with Crippen molar-refractivity contribution < 1.29 is 0 Å². The smallest absolute Gasteiger partial charge is 0.210 e. The molecule has 0 fully saturated rings. The number of aromatic amines is 2. The monoisotopic (exact) mass is 222 g/mol. The normalized spacial score (nSPS) is 10.6. The van der Waals surface area contributed by atoms with E-state index in [9.17, 15) is 0 Å². The lowest BCUT2D eigenvalue weighted by atomic mass is 10.1. The van der Waals surface area contributed by atoms with E-state index >= 15 is 0 Å². The zero-order valence-corrected chi connectivity index (χ0v) is 9.28. The largest absolute Gasteiger partial charge is 0.360 e. The van der Waals surface area contributed by atoms with Gasteiger partial charge in [0.2, 0.25) is 5.82 Å². The van der Waals surface area contributed by atoms with E-state index < -0.39 is 0 Å². The molecule has 2 N–H and O–H groups in total. The molecule has 2 heterocycles. The van der Waals surface area contributed by atoms with Crippen LogP contribution in [0, 0.1) is 18.3 Å². The van der Waals surface area contributed by atoms with Crippen molar-refractivity contribution in [2.75, 3.05) is 0 Å². The Morgan fingerprint density at radius 3 is 2.88 bits per heavy atom. The summed E-state index contributed by atoms with van der Waals surface area (Å²) in [6.07, 6.45) is 1.93. The first-order chi connectivity index (χ1) is 8.29. The van der Waals surface area contributed by atoms with Gasteiger partial charge in [0, 0.05) is 28.4 Å². The van der Waals surface area contributed by atoms with Crippen LogP contribution in [0.3, 0.4) is 0 Å². The van der Waals surface area contributed by atoms with E-state index in [2.05, 4.69) is 15.0 Å². The Bertz CT molecular complexity index is 727. The number of aryl methyl sites for hydroxylation is 1. The summed E-state index contributed by atoms with van der Waals surface area (Å²) >= 11 is 0. The van der Waals surface area contributed by atoms with Crippen LogP contribution in [-0.4, -0.2) is 15.0 Å². The Morgan fingerprint density at radius 1 is 1.29 bits per heavy atom. The summed E-state index contributed by atoms with van der Waals surface area (Å²) in [6, 6.07) is 10.1. The van der Waals surface area contributed by atoms with E-state index in [1.165, 1.54) is 0 Å². The van der Waals surface area contributed by atoms with Gasteiger partial charge in [-0.15, -0.1) is 0 Å². The third-order valence-electron chi connectivity index (χ3n) is 2.83. The zero-order chi connectivity index (χ0) is 11.8. The molecule has 3 aromatic rings. The summed E-state index contributed by atoms with van der Waals surface area (Å²) in [5.74, 6) is 0.350. The molecular formula is C13H10N4. The number of benzene rings is 1. The minimum Gasteiger partial charge on any atom is -0.360 e. The first kappa shape index (κ1) is 9.67. The SMILES string of the molecule is Cc1[nH]c(C#N)nc1-c1c[nH]c2ccccc12. The van der Waals surface area contributed by atoms with E-state index in [0.717, 1.165) is 27.9 Å². The molecule has 0 aliphatic carbocycles. The second-order valence-corrected chi connectivity index (χ2v) is 3.92. The molecule has 4 nitrogen and oxygen atoms in total. The summed E-state index contributed by atoms with van der Waals surface area (Å²) in [5.41, 5.74) is 3.84. The van der Waals surface area contributed by atoms with Crippen LogP contribution in [0.15, 0.2) is 30.5 Å². The van der Waals surface area contributed by atoms with Gasteiger partial charge in [-0.2, -0.15) is 5.26 Å². The highest BCUT2D eigenvalue weighted by molar-refractivity contribution is 5.95. The van der Waals surface area contributed by atoms with Gasteiger partial charge in [0.25, 0.3) is 0 Å². The van der Waals surface area contributed by atoms with Crippen LogP contribution < -0.4 is 0 Å². The lowest BCUT2D eigenvalue weighted by Gasteiger charge is -1.95. The molecule has 0 radical (unpaired) electrons. The van der Waals surface area contributed by atoms with Gasteiger partial charge in [-0.3, -0.25) is 0 Å². The van der Waals surface area contributed by atoms with Gasteiger partial charge < -0.3 is 9.97 Å². The molecule has 17 heavy (non-hydrogen) atoms. The van der Waals surface area contributed by atoms with Crippen LogP contribution in [0.25, 0.3) is 22.2 Å². The maximum Gasteiger partial charge on any atom is 0.210 e. The number of nitriles is 1. The molecule has 82 valence electrons. The number of hydrogen-bond acceptors (Lipinski definition) is 2. The Morgan fingerprint density at radius 2 is 2.12 bits per heavy atom. The zero-order valence-electron chi connectivity index (χ0n) is 9.28. The number of nitrogens with zero attached hydrogens (tertiary/aromatic N) is 2. The quantitative estimate of drug-likeness (QED) is 0.664. The highest BCUT2D eigenvalue weighted by Gasteiger charge is 2.12. The molecule has 0 spiro atoms. The number of para-hydroxylation sites is 1. The minimum absolute atomic E-state index is 0.350. The predicted octanol–water partition coefficient (Wildman–Crippen LogP) is 2.74. The third-order valence-corrected chi connectivity index (χ3v) is 2.83. The maximum absolute atomic E-state index is 8.83. The Kier molecular flexibility index (Phi) is 1.99. The summed E-state index contributed by atoms with van der Waals surface area (Å²) in [6.45, 7) is 1.92. The average molecular weight is 222 g/mol. The molecule has 3 rings (SSSR count). The van der Waals surface area contributed by atoms with Crippen molar-refractivity contribution in [3.05, 3.63) is 42.0 Å². The van der Waals surface area contributed by atoms with Gasteiger partial charge >= 0.3 is 0 Å². The van der Waals surface area contributed by atoms with E-state index in [1.54, 1.807) is 0 Å². The number of rotatable bonds is 1. The molecule has 0 unspecified atom stereocenters. The van der Waals surface area contributed by atoms with Crippen LogP contribution in [0.4, 0.5) is 0 Å². The molecule has 0 atom stereocenters. The molecule has 0 aliphatic heterocycles. The third kappa shape index (κ3) is 1.41. The van der Waals surface area contributed by atoms with Gasteiger partial charge in [-0.1, -0.05) is 18.2 Å². The first-order valence-corrected chi connectivity index (χ1v) is 5.33. The number of fused-ring (bicyclic) bond motifs is 1. The fourth-order valence-electron chi connectivity index (χ4n) is 2.04. The molecule has 0 amide bonds. The lowest BCUT2D eigenvalue weighted by Crippen LogP contribution is -1.79. The summed E-state index contributed by atoms with van der Waals surface area (Å²) in [7, 11) is 0. The predicted molar refractivity (Wildman–Crippen MR) is 65.3 cm³/mol. The van der Waals surface area contributed by atoms with Crippen LogP contribution in [0.2, 0.25) is 0 Å². The van der Waals surface area contributed by atoms with E-state index in [-0.39, 0.29) is 0 Å². The van der Waals surface area contributed by atoms with Crippen molar-refractivity contribution >= 4 is 10.9 Å². The summed E-state index contributed by atoms with van der Waals surface area (Å²) < 4.78 is 0. The molecule has 0 saturated carbocycles. The van der Waals surface area contributed by atoms with Crippen molar-refractivity contribution in [1.29, 1.82) is 5.26 Å². The topological polar surface area (TPSA) is 68.3 Å². The van der Waals surface area contributed by atoms with Crippen molar-refractivity contribution in [1.82, 2.24) is 15.0 Å². The highest BCUT2D eigenvalue weighted by Crippen LogP contribution is 2.29. The summed E-state index contributed by atoms with van der Waals surface area (Å²) in [5, 5.41) is 9.95. The average Bonchev–Trinajstić information content (AvgIpc) is 2.92. The lowest BCUT2D eigenvalue weighted by molar-refractivity contribution is 1.20. The second kappa shape index (κ2) is 3.49. The number of H-pyrrole nitrogens is 2. The van der Waals surface area contributed by atoms with Gasteiger partial charge in [-0.05, 0) is 13.0 Å². The van der Waals surface area contributed by atoms with Crippen molar-refractivity contribution in [3.8, 4) is 17.3 Å². The second-order valence-electron chi connectivity index (χ2n) is 3.92. The van der Waals surface area contributed by atoms with Crippen molar-refractivity contribution in [2.24, 2.45) is 0 Å². The molecule has 0 aliphatic rings. The van der Waals surface area contributed by atoms with Crippen LogP contribution >= 0.6 is 0 Å². The minimum atomic E-state index is 0.350.